The zero-order valence-electron chi connectivity index (χ0n) is 18.3. The summed E-state index contributed by atoms with van der Waals surface area (Å²) in [5.74, 6) is -0.839. The van der Waals surface area contributed by atoms with Crippen molar-refractivity contribution in [3.05, 3.63) is 0 Å². The van der Waals surface area contributed by atoms with Gasteiger partial charge in [0.25, 0.3) is 0 Å². The van der Waals surface area contributed by atoms with Gasteiger partial charge in [0, 0.05) is 5.92 Å². The van der Waals surface area contributed by atoms with Crippen molar-refractivity contribution in [2.45, 2.75) is 92.9 Å². The minimum absolute atomic E-state index is 0.662. The molecule has 0 aromatic carbocycles. The number of aliphatic hydroxyl groups is 10. The van der Waals surface area contributed by atoms with Crippen LogP contribution in [0, 0.1) is 5.92 Å². The second-order valence-electron chi connectivity index (χ2n) is 8.70. The Morgan fingerprint density at radius 2 is 1.03 bits per heavy atom. The van der Waals surface area contributed by atoms with Crippen molar-refractivity contribution < 1.29 is 74.7 Å². The van der Waals surface area contributed by atoms with Crippen molar-refractivity contribution in [2.24, 2.45) is 5.92 Å². The van der Waals surface area contributed by atoms with Gasteiger partial charge in [-0.3, -0.25) is 0 Å². The van der Waals surface area contributed by atoms with Crippen LogP contribution in [0.3, 0.4) is 0 Å². The van der Waals surface area contributed by atoms with Crippen LogP contribution in [0.1, 0.15) is 6.92 Å². The standard InChI is InChI=1S/C19H34O15/c1-5-9(23)15(8(4-22)30-17(5)29)33-19-14(28)16(11(25)7(3-21)32-19)34-18-13(27)12(26)10(24)6(2-20)31-18/h5-29H,2-4H2,1H3/t5?,6-,7?,8?,9-,10+,11+,12?,13?,14?,15+,16+,17?,18+,19-/m0/s1. The van der Waals surface area contributed by atoms with E-state index in [-0.39, 0.29) is 0 Å². The zero-order valence-corrected chi connectivity index (χ0v) is 18.3. The molecule has 34 heavy (non-hydrogen) atoms. The normalized spacial score (nSPS) is 52.5. The summed E-state index contributed by atoms with van der Waals surface area (Å²) in [4.78, 5) is 0. The summed E-state index contributed by atoms with van der Waals surface area (Å²) < 4.78 is 27.0. The van der Waals surface area contributed by atoms with Gasteiger partial charge in [0.1, 0.15) is 61.0 Å². The third kappa shape index (κ3) is 5.39. The van der Waals surface area contributed by atoms with E-state index in [9.17, 15) is 51.1 Å². The third-order valence-electron chi connectivity index (χ3n) is 6.44. The average Bonchev–Trinajstić information content (AvgIpc) is 2.83. The van der Waals surface area contributed by atoms with E-state index in [0.717, 1.165) is 0 Å². The number of rotatable bonds is 7. The molecule has 15 nitrogen and oxygen atoms in total. The van der Waals surface area contributed by atoms with Crippen molar-refractivity contribution in [3.8, 4) is 0 Å². The van der Waals surface area contributed by atoms with Crippen LogP contribution in [0.15, 0.2) is 0 Å². The molecule has 0 saturated carbocycles. The first-order chi connectivity index (χ1) is 16.0. The second-order valence-corrected chi connectivity index (χ2v) is 8.70. The maximum atomic E-state index is 10.8. The number of hydrogen-bond donors (Lipinski definition) is 10. The summed E-state index contributed by atoms with van der Waals surface area (Å²) >= 11 is 0. The molecule has 3 rings (SSSR count). The molecule has 15 heteroatoms. The topological polar surface area (TPSA) is 248 Å². The minimum Gasteiger partial charge on any atom is -0.394 e. The maximum absolute atomic E-state index is 10.8. The lowest BCUT2D eigenvalue weighted by Gasteiger charge is -2.48. The van der Waals surface area contributed by atoms with Gasteiger partial charge in [-0.1, -0.05) is 6.92 Å². The van der Waals surface area contributed by atoms with Crippen LogP contribution in [-0.4, -0.2) is 157 Å². The Bertz CT molecular complexity index is 637. The van der Waals surface area contributed by atoms with Gasteiger partial charge < -0.3 is 74.7 Å². The molecule has 0 radical (unpaired) electrons. The molecule has 3 aliphatic heterocycles. The van der Waals surface area contributed by atoms with Gasteiger partial charge in [-0.2, -0.15) is 0 Å². The van der Waals surface area contributed by atoms with Crippen molar-refractivity contribution in [3.63, 3.8) is 0 Å². The van der Waals surface area contributed by atoms with Crippen molar-refractivity contribution in [1.82, 2.24) is 0 Å². The van der Waals surface area contributed by atoms with Crippen molar-refractivity contribution >= 4 is 0 Å². The average molecular weight is 502 g/mol. The Hall–Kier alpha value is -0.600. The molecule has 3 saturated heterocycles. The molecule has 200 valence electrons. The fourth-order valence-corrected chi connectivity index (χ4v) is 4.20. The highest BCUT2D eigenvalue weighted by Crippen LogP contribution is 2.33. The molecule has 0 amide bonds. The summed E-state index contributed by atoms with van der Waals surface area (Å²) in [7, 11) is 0. The fourth-order valence-electron chi connectivity index (χ4n) is 4.20. The highest BCUT2D eigenvalue weighted by molar-refractivity contribution is 4.95. The van der Waals surface area contributed by atoms with Crippen LogP contribution >= 0.6 is 0 Å². The van der Waals surface area contributed by atoms with E-state index in [2.05, 4.69) is 0 Å². The first-order valence-corrected chi connectivity index (χ1v) is 10.9. The van der Waals surface area contributed by atoms with Gasteiger partial charge in [-0.15, -0.1) is 0 Å². The first kappa shape index (κ1) is 28.0. The van der Waals surface area contributed by atoms with E-state index < -0.39 is 112 Å². The molecule has 15 atom stereocenters. The molecular weight excluding hydrogens is 468 g/mol. The van der Waals surface area contributed by atoms with Gasteiger partial charge in [0.2, 0.25) is 0 Å². The van der Waals surface area contributed by atoms with E-state index in [1.165, 1.54) is 6.92 Å². The van der Waals surface area contributed by atoms with Crippen molar-refractivity contribution in [1.29, 1.82) is 0 Å². The molecule has 3 fully saturated rings. The lowest BCUT2D eigenvalue weighted by atomic mass is 9.92. The lowest BCUT2D eigenvalue weighted by Crippen LogP contribution is -2.66. The van der Waals surface area contributed by atoms with Gasteiger partial charge in [-0.25, -0.2) is 0 Å². The van der Waals surface area contributed by atoms with Crippen LogP contribution in [0.4, 0.5) is 0 Å². The largest absolute Gasteiger partial charge is 0.394 e. The predicted molar refractivity (Wildman–Crippen MR) is 104 cm³/mol. The van der Waals surface area contributed by atoms with E-state index in [1.54, 1.807) is 0 Å². The van der Waals surface area contributed by atoms with Crippen LogP contribution < -0.4 is 0 Å². The number of hydrogen-bond acceptors (Lipinski definition) is 15. The Morgan fingerprint density at radius 1 is 0.529 bits per heavy atom. The van der Waals surface area contributed by atoms with E-state index in [1.807, 2.05) is 0 Å². The molecule has 10 N–H and O–H groups in total. The summed E-state index contributed by atoms with van der Waals surface area (Å²) in [5.41, 5.74) is 0. The van der Waals surface area contributed by atoms with Crippen LogP contribution in [0.25, 0.3) is 0 Å². The Kier molecular flexibility index (Phi) is 9.57. The highest BCUT2D eigenvalue weighted by atomic mass is 16.7. The molecule has 0 aromatic rings. The first-order valence-electron chi connectivity index (χ1n) is 10.9. The molecule has 7 unspecified atom stereocenters. The molecule has 3 aliphatic rings. The SMILES string of the molecule is CC1C(O)OC(CO)[C@@H](O[C@@H]2OC(CO)[C@@H](O)[C@@H](O[C@H]3O[C@@H](CO)[C@@H](O)C(O)C3O)C2O)[C@H]1O. The Labute approximate surface area is 194 Å². The Morgan fingerprint density at radius 3 is 1.59 bits per heavy atom. The highest BCUT2D eigenvalue weighted by Gasteiger charge is 2.53. The summed E-state index contributed by atoms with van der Waals surface area (Å²) in [5, 5.41) is 100. The summed E-state index contributed by atoms with van der Waals surface area (Å²) in [6.07, 6.45) is -21.7. The number of ether oxygens (including phenoxy) is 5. The number of aliphatic hydroxyl groups excluding tert-OH is 10. The second kappa shape index (κ2) is 11.6. The summed E-state index contributed by atoms with van der Waals surface area (Å²) in [6, 6.07) is 0. The lowest BCUT2D eigenvalue weighted by molar-refractivity contribution is -0.376. The van der Waals surface area contributed by atoms with Crippen LogP contribution in [0.2, 0.25) is 0 Å². The quantitative estimate of drug-likeness (QED) is 0.155. The molecule has 3 heterocycles. The van der Waals surface area contributed by atoms with Gasteiger partial charge in [0.15, 0.2) is 18.9 Å². The van der Waals surface area contributed by atoms with Gasteiger partial charge >= 0.3 is 0 Å². The Balaban J connectivity index is 1.78. The van der Waals surface area contributed by atoms with E-state index in [0.29, 0.717) is 0 Å². The van der Waals surface area contributed by atoms with E-state index in [4.69, 9.17) is 23.7 Å². The molecule has 0 spiro atoms. The molecular formula is C19H34O15. The van der Waals surface area contributed by atoms with Gasteiger partial charge in [-0.05, 0) is 0 Å². The molecule has 0 aliphatic carbocycles. The maximum Gasteiger partial charge on any atom is 0.187 e. The van der Waals surface area contributed by atoms with Crippen LogP contribution in [-0.2, 0) is 23.7 Å². The summed E-state index contributed by atoms with van der Waals surface area (Å²) in [6.45, 7) is -0.695. The predicted octanol–water partition coefficient (Wildman–Crippen LogP) is -6.30. The fraction of sp³-hybridized carbons (Fsp3) is 1.00. The smallest absolute Gasteiger partial charge is 0.187 e. The third-order valence-corrected chi connectivity index (χ3v) is 6.44. The van der Waals surface area contributed by atoms with E-state index >= 15 is 0 Å². The molecule has 0 bridgehead atoms. The molecule has 0 aromatic heterocycles. The zero-order chi connectivity index (χ0) is 25.3. The van der Waals surface area contributed by atoms with Crippen LogP contribution in [0.5, 0.6) is 0 Å². The van der Waals surface area contributed by atoms with Crippen molar-refractivity contribution in [2.75, 3.05) is 19.8 Å². The monoisotopic (exact) mass is 502 g/mol. The minimum atomic E-state index is -1.83. The van der Waals surface area contributed by atoms with Gasteiger partial charge in [0.05, 0.1) is 25.9 Å².